The van der Waals surface area contributed by atoms with E-state index >= 15 is 0 Å². The van der Waals surface area contributed by atoms with E-state index in [0.29, 0.717) is 0 Å². The van der Waals surface area contributed by atoms with Gasteiger partial charge in [0.15, 0.2) is 5.13 Å². The van der Waals surface area contributed by atoms with Crippen molar-refractivity contribution < 1.29 is 4.79 Å². The Morgan fingerprint density at radius 2 is 2.09 bits per heavy atom. The van der Waals surface area contributed by atoms with Crippen molar-refractivity contribution in [1.82, 2.24) is 9.88 Å². The number of para-hydroxylation sites is 1. The van der Waals surface area contributed by atoms with Crippen molar-refractivity contribution in [3.8, 4) is 0 Å². The third-order valence-corrected chi connectivity index (χ3v) is 5.51. The number of fused-ring (bicyclic) bond motifs is 1. The minimum absolute atomic E-state index is 0.173. The van der Waals surface area contributed by atoms with Crippen molar-refractivity contribution in [3.63, 3.8) is 0 Å². The molecule has 4 nitrogen and oxygen atoms in total. The van der Waals surface area contributed by atoms with Gasteiger partial charge in [-0.1, -0.05) is 30.4 Å². The van der Waals surface area contributed by atoms with Crippen LogP contribution in [-0.2, 0) is 11.2 Å². The highest BCUT2D eigenvalue weighted by atomic mass is 32.1. The molecular weight excluding hydrogens is 294 g/mol. The summed E-state index contributed by atoms with van der Waals surface area (Å²) >= 11 is 1.77. The summed E-state index contributed by atoms with van der Waals surface area (Å²) in [4.78, 5) is 21.0. The molecule has 0 radical (unpaired) electrons. The highest BCUT2D eigenvalue weighted by Crippen LogP contribution is 2.33. The number of nitrogens with zero attached hydrogens (tertiary/aromatic N) is 3. The second kappa shape index (κ2) is 6.24. The minimum atomic E-state index is 0.173. The maximum Gasteiger partial charge on any atom is 0.225 e. The van der Waals surface area contributed by atoms with Crippen LogP contribution in [0.2, 0.25) is 0 Å². The van der Waals surface area contributed by atoms with E-state index in [1.807, 2.05) is 14.1 Å². The first-order valence-electron chi connectivity index (χ1n) is 7.94. The Kier molecular flexibility index (Phi) is 4.34. The van der Waals surface area contributed by atoms with Crippen LogP contribution in [0, 0.1) is 5.92 Å². The molecule has 0 atom stereocenters. The van der Waals surface area contributed by atoms with Crippen molar-refractivity contribution >= 4 is 32.6 Å². The largest absolute Gasteiger partial charge is 0.349 e. The third kappa shape index (κ3) is 2.82. The van der Waals surface area contributed by atoms with E-state index in [1.54, 1.807) is 16.2 Å². The molecule has 0 unspecified atom stereocenters. The number of rotatable bonds is 3. The number of amides is 1. The number of hydrogen-bond donors (Lipinski definition) is 0. The molecule has 2 heterocycles. The number of aromatic nitrogens is 1. The standard InChI is InChI=1S/C17H23N3OS/c1-4-12-6-5-7-14-15(12)18-17(22-14)20-10-8-13(9-11-20)16(21)19(2)3/h5-7,13H,4,8-11H2,1-3H3. The van der Waals surface area contributed by atoms with E-state index in [2.05, 4.69) is 30.0 Å². The van der Waals surface area contributed by atoms with Gasteiger partial charge in [-0.15, -0.1) is 0 Å². The van der Waals surface area contributed by atoms with Gasteiger partial charge in [0.05, 0.1) is 10.2 Å². The van der Waals surface area contributed by atoms with E-state index in [4.69, 9.17) is 4.98 Å². The highest BCUT2D eigenvalue weighted by molar-refractivity contribution is 7.22. The van der Waals surface area contributed by atoms with Gasteiger partial charge in [-0.3, -0.25) is 4.79 Å². The molecule has 0 spiro atoms. The van der Waals surface area contributed by atoms with Crippen LogP contribution in [-0.4, -0.2) is 43.0 Å². The highest BCUT2D eigenvalue weighted by Gasteiger charge is 2.27. The fourth-order valence-electron chi connectivity index (χ4n) is 3.10. The molecule has 22 heavy (non-hydrogen) atoms. The average Bonchev–Trinajstić information content (AvgIpc) is 2.98. The van der Waals surface area contributed by atoms with Gasteiger partial charge in [-0.25, -0.2) is 4.98 Å². The Morgan fingerprint density at radius 1 is 1.36 bits per heavy atom. The Labute approximate surface area is 135 Å². The molecule has 1 saturated heterocycles. The second-order valence-corrected chi connectivity index (χ2v) is 7.12. The van der Waals surface area contributed by atoms with Gasteiger partial charge in [0.2, 0.25) is 5.91 Å². The molecule has 1 aromatic carbocycles. The number of hydrogen-bond acceptors (Lipinski definition) is 4. The predicted octanol–water partition coefficient (Wildman–Crippen LogP) is 3.16. The van der Waals surface area contributed by atoms with E-state index < -0.39 is 0 Å². The van der Waals surface area contributed by atoms with E-state index in [1.165, 1.54) is 10.3 Å². The van der Waals surface area contributed by atoms with Crippen LogP contribution in [0.15, 0.2) is 18.2 Å². The van der Waals surface area contributed by atoms with Crippen LogP contribution < -0.4 is 4.90 Å². The lowest BCUT2D eigenvalue weighted by molar-refractivity contribution is -0.133. The number of anilines is 1. The van der Waals surface area contributed by atoms with Crippen molar-refractivity contribution in [2.24, 2.45) is 5.92 Å². The molecule has 1 amide bonds. The van der Waals surface area contributed by atoms with Gasteiger partial charge in [-0.2, -0.15) is 0 Å². The zero-order chi connectivity index (χ0) is 15.7. The van der Waals surface area contributed by atoms with Gasteiger partial charge in [-0.05, 0) is 30.9 Å². The summed E-state index contributed by atoms with van der Waals surface area (Å²) in [7, 11) is 3.68. The summed E-state index contributed by atoms with van der Waals surface area (Å²) in [6.45, 7) is 4.02. The summed E-state index contributed by atoms with van der Waals surface area (Å²) < 4.78 is 1.26. The lowest BCUT2D eigenvalue weighted by atomic mass is 9.96. The normalized spacial score (nSPS) is 16.2. The fourth-order valence-corrected chi connectivity index (χ4v) is 4.16. The SMILES string of the molecule is CCc1cccc2sc(N3CCC(C(=O)N(C)C)CC3)nc12. The summed E-state index contributed by atoms with van der Waals surface area (Å²) in [6.07, 6.45) is 2.86. The predicted molar refractivity (Wildman–Crippen MR) is 92.6 cm³/mol. The molecule has 0 aliphatic carbocycles. The molecule has 1 aliphatic heterocycles. The molecular formula is C17H23N3OS. The number of aryl methyl sites for hydroxylation is 1. The van der Waals surface area contributed by atoms with Crippen LogP contribution in [0.1, 0.15) is 25.3 Å². The molecule has 0 bridgehead atoms. The maximum absolute atomic E-state index is 12.1. The quantitative estimate of drug-likeness (QED) is 0.872. The second-order valence-electron chi connectivity index (χ2n) is 6.11. The Hall–Kier alpha value is -1.62. The lowest BCUT2D eigenvalue weighted by Crippen LogP contribution is -2.40. The van der Waals surface area contributed by atoms with Gasteiger partial charge >= 0.3 is 0 Å². The molecule has 3 rings (SSSR count). The topological polar surface area (TPSA) is 36.4 Å². The summed E-state index contributed by atoms with van der Waals surface area (Å²) in [5.74, 6) is 0.434. The third-order valence-electron chi connectivity index (χ3n) is 4.43. The summed E-state index contributed by atoms with van der Waals surface area (Å²) in [5, 5.41) is 1.10. The Morgan fingerprint density at radius 3 is 2.73 bits per heavy atom. The van der Waals surface area contributed by atoms with E-state index in [-0.39, 0.29) is 11.8 Å². The number of carbonyl (C=O) groups is 1. The van der Waals surface area contributed by atoms with Gasteiger partial charge in [0.1, 0.15) is 0 Å². The minimum Gasteiger partial charge on any atom is -0.349 e. The van der Waals surface area contributed by atoms with Gasteiger partial charge in [0, 0.05) is 33.1 Å². The molecule has 1 aliphatic rings. The zero-order valence-corrected chi connectivity index (χ0v) is 14.3. The molecule has 118 valence electrons. The van der Waals surface area contributed by atoms with Gasteiger partial charge < -0.3 is 9.80 Å². The first-order valence-corrected chi connectivity index (χ1v) is 8.76. The Bertz CT molecular complexity index is 672. The van der Waals surface area contributed by atoms with Gasteiger partial charge in [0.25, 0.3) is 0 Å². The number of thiazole rings is 1. The average molecular weight is 317 g/mol. The van der Waals surface area contributed by atoms with Crippen LogP contribution in [0.25, 0.3) is 10.2 Å². The van der Waals surface area contributed by atoms with E-state index in [0.717, 1.165) is 43.0 Å². The molecule has 0 N–H and O–H groups in total. The number of carbonyl (C=O) groups excluding carboxylic acids is 1. The molecule has 2 aromatic rings. The van der Waals surface area contributed by atoms with Crippen LogP contribution in [0.5, 0.6) is 0 Å². The summed E-state index contributed by atoms with van der Waals surface area (Å²) in [5.41, 5.74) is 2.47. The van der Waals surface area contributed by atoms with Crippen molar-refractivity contribution in [2.75, 3.05) is 32.1 Å². The lowest BCUT2D eigenvalue weighted by Gasteiger charge is -2.32. The number of benzene rings is 1. The Balaban J connectivity index is 1.75. The summed E-state index contributed by atoms with van der Waals surface area (Å²) in [6, 6.07) is 6.43. The molecule has 1 fully saturated rings. The number of piperidine rings is 1. The monoisotopic (exact) mass is 317 g/mol. The maximum atomic E-state index is 12.1. The van der Waals surface area contributed by atoms with Crippen LogP contribution >= 0.6 is 11.3 Å². The van der Waals surface area contributed by atoms with Crippen molar-refractivity contribution in [3.05, 3.63) is 23.8 Å². The zero-order valence-electron chi connectivity index (χ0n) is 13.5. The van der Waals surface area contributed by atoms with Crippen LogP contribution in [0.3, 0.4) is 0 Å². The molecule has 0 saturated carbocycles. The smallest absolute Gasteiger partial charge is 0.225 e. The molecule has 5 heteroatoms. The first kappa shape index (κ1) is 15.3. The first-order chi connectivity index (χ1) is 10.6. The van der Waals surface area contributed by atoms with E-state index in [9.17, 15) is 4.79 Å². The van der Waals surface area contributed by atoms with Crippen molar-refractivity contribution in [2.45, 2.75) is 26.2 Å². The van der Waals surface area contributed by atoms with Crippen molar-refractivity contribution in [1.29, 1.82) is 0 Å². The molecule has 1 aromatic heterocycles. The van der Waals surface area contributed by atoms with Crippen LogP contribution in [0.4, 0.5) is 5.13 Å². The fraction of sp³-hybridized carbons (Fsp3) is 0.529.